The zero-order valence-corrected chi connectivity index (χ0v) is 9.14. The van der Waals surface area contributed by atoms with Crippen LogP contribution in [0, 0.1) is 0 Å². The van der Waals surface area contributed by atoms with Crippen molar-refractivity contribution in [1.29, 1.82) is 0 Å². The number of rotatable bonds is 2. The number of carbonyl (C=O) groups is 1. The van der Waals surface area contributed by atoms with Crippen LogP contribution in [-0.4, -0.2) is 23.3 Å². The smallest absolute Gasteiger partial charge is 0.362 e. The molecule has 0 atom stereocenters. The molecule has 0 aliphatic heterocycles. The highest BCUT2D eigenvalue weighted by molar-refractivity contribution is 5.87. The first-order valence-corrected chi connectivity index (χ1v) is 4.96. The molecule has 5 heteroatoms. The number of nitrogens with zero attached hydrogens (tertiary/aromatic N) is 1. The van der Waals surface area contributed by atoms with Gasteiger partial charge in [0.25, 0.3) is 0 Å². The molecule has 0 radical (unpaired) electrons. The van der Waals surface area contributed by atoms with Gasteiger partial charge < -0.3 is 4.74 Å². The standard InChI is InChI=1S/C12H10N2O3/c1-17-12(16)11-10(15)7-9(13-14-11)8-5-3-2-4-6-8/h2-7H,1H3,(H,13,15). The number of hydrogen-bond acceptors (Lipinski definition) is 4. The molecule has 0 aliphatic carbocycles. The quantitative estimate of drug-likeness (QED) is 0.787. The number of methoxy groups -OCH3 is 1. The lowest BCUT2D eigenvalue weighted by atomic mass is 10.1. The normalized spacial score (nSPS) is 9.94. The Morgan fingerprint density at radius 3 is 2.59 bits per heavy atom. The maximum atomic E-state index is 11.6. The first kappa shape index (κ1) is 11.1. The molecule has 0 spiro atoms. The van der Waals surface area contributed by atoms with Crippen LogP contribution in [0.15, 0.2) is 41.2 Å². The summed E-state index contributed by atoms with van der Waals surface area (Å²) in [7, 11) is 1.20. The second-order valence-corrected chi connectivity index (χ2v) is 3.35. The predicted octanol–water partition coefficient (Wildman–Crippen LogP) is 1.22. The SMILES string of the molecule is COC(=O)c1n[nH]c(-c2ccccc2)cc1=O. The summed E-state index contributed by atoms with van der Waals surface area (Å²) in [5.74, 6) is -0.745. The fourth-order valence-corrected chi connectivity index (χ4v) is 1.41. The van der Waals surface area contributed by atoms with E-state index in [-0.39, 0.29) is 5.69 Å². The maximum absolute atomic E-state index is 11.6. The lowest BCUT2D eigenvalue weighted by molar-refractivity contribution is 0.0591. The Morgan fingerprint density at radius 2 is 2.00 bits per heavy atom. The first-order chi connectivity index (χ1) is 8.22. The number of aromatic amines is 1. The van der Waals surface area contributed by atoms with Crippen molar-refractivity contribution < 1.29 is 9.53 Å². The molecule has 0 aliphatic rings. The second kappa shape index (κ2) is 4.61. The van der Waals surface area contributed by atoms with Crippen LogP contribution < -0.4 is 5.43 Å². The van der Waals surface area contributed by atoms with E-state index in [1.807, 2.05) is 30.3 Å². The van der Waals surface area contributed by atoms with Crippen molar-refractivity contribution in [3.05, 3.63) is 52.3 Å². The van der Waals surface area contributed by atoms with E-state index in [2.05, 4.69) is 14.9 Å². The molecule has 1 aromatic carbocycles. The molecule has 2 rings (SSSR count). The molecule has 17 heavy (non-hydrogen) atoms. The topological polar surface area (TPSA) is 72.0 Å². The number of aromatic nitrogens is 2. The molecule has 0 saturated carbocycles. The summed E-state index contributed by atoms with van der Waals surface area (Å²) in [6, 6.07) is 10.6. The molecular weight excluding hydrogens is 220 g/mol. The van der Waals surface area contributed by atoms with Crippen LogP contribution in [0.4, 0.5) is 0 Å². The zero-order chi connectivity index (χ0) is 12.3. The number of H-pyrrole nitrogens is 1. The third-order valence-electron chi connectivity index (χ3n) is 2.26. The van der Waals surface area contributed by atoms with E-state index < -0.39 is 11.4 Å². The molecule has 1 aromatic heterocycles. The summed E-state index contributed by atoms with van der Waals surface area (Å²) in [4.78, 5) is 22.8. The van der Waals surface area contributed by atoms with Crippen LogP contribution in [0.1, 0.15) is 10.5 Å². The Kier molecular flexibility index (Phi) is 3.00. The average molecular weight is 230 g/mol. The van der Waals surface area contributed by atoms with Gasteiger partial charge in [-0.3, -0.25) is 9.89 Å². The lowest BCUT2D eigenvalue weighted by Crippen LogP contribution is -2.19. The number of nitrogens with one attached hydrogen (secondary N) is 1. The summed E-state index contributed by atoms with van der Waals surface area (Å²) >= 11 is 0. The van der Waals surface area contributed by atoms with Crippen LogP contribution in [0.25, 0.3) is 11.3 Å². The second-order valence-electron chi connectivity index (χ2n) is 3.35. The van der Waals surface area contributed by atoms with Gasteiger partial charge in [0.15, 0.2) is 0 Å². The van der Waals surface area contributed by atoms with E-state index in [1.165, 1.54) is 13.2 Å². The molecule has 1 N–H and O–H groups in total. The number of ether oxygens (including phenoxy) is 1. The summed E-state index contributed by atoms with van der Waals surface area (Å²) < 4.78 is 4.44. The minimum absolute atomic E-state index is 0.243. The Balaban J connectivity index is 2.45. The largest absolute Gasteiger partial charge is 0.464 e. The number of carbonyl (C=O) groups excluding carboxylic acids is 1. The van der Waals surface area contributed by atoms with Gasteiger partial charge in [-0.15, -0.1) is 0 Å². The average Bonchev–Trinajstić information content (AvgIpc) is 2.39. The maximum Gasteiger partial charge on any atom is 0.362 e. The molecule has 0 fully saturated rings. The van der Waals surface area contributed by atoms with Crippen LogP contribution in [0.3, 0.4) is 0 Å². The van der Waals surface area contributed by atoms with Gasteiger partial charge >= 0.3 is 5.97 Å². The third kappa shape index (κ3) is 2.23. The number of benzene rings is 1. The highest BCUT2D eigenvalue weighted by Crippen LogP contribution is 2.13. The monoisotopic (exact) mass is 230 g/mol. The van der Waals surface area contributed by atoms with Gasteiger partial charge in [0.05, 0.1) is 12.8 Å². The minimum atomic E-state index is -0.745. The summed E-state index contributed by atoms with van der Waals surface area (Å²) in [6.07, 6.45) is 0. The van der Waals surface area contributed by atoms with Gasteiger partial charge in [0.1, 0.15) is 0 Å². The van der Waals surface area contributed by atoms with Gasteiger partial charge in [-0.25, -0.2) is 4.79 Å². The number of hydrogen-bond donors (Lipinski definition) is 1. The predicted molar refractivity (Wildman–Crippen MR) is 61.6 cm³/mol. The molecule has 86 valence electrons. The molecule has 1 heterocycles. The zero-order valence-electron chi connectivity index (χ0n) is 9.14. The van der Waals surface area contributed by atoms with Crippen molar-refractivity contribution in [3.8, 4) is 11.3 Å². The first-order valence-electron chi connectivity index (χ1n) is 4.96. The fraction of sp³-hybridized carbons (Fsp3) is 0.0833. The van der Waals surface area contributed by atoms with E-state index >= 15 is 0 Å². The van der Waals surface area contributed by atoms with Crippen molar-refractivity contribution in [1.82, 2.24) is 10.2 Å². The summed E-state index contributed by atoms with van der Waals surface area (Å²) in [5, 5.41) is 6.37. The summed E-state index contributed by atoms with van der Waals surface area (Å²) in [5.41, 5.74) is 0.679. The van der Waals surface area contributed by atoms with Crippen molar-refractivity contribution in [2.75, 3.05) is 7.11 Å². The Labute approximate surface area is 97.1 Å². The van der Waals surface area contributed by atoms with Crippen LogP contribution in [0.2, 0.25) is 0 Å². The van der Waals surface area contributed by atoms with E-state index in [0.29, 0.717) is 5.69 Å². The van der Waals surface area contributed by atoms with E-state index in [9.17, 15) is 9.59 Å². The van der Waals surface area contributed by atoms with Gasteiger partial charge in [-0.2, -0.15) is 5.10 Å². The van der Waals surface area contributed by atoms with Gasteiger partial charge in [-0.1, -0.05) is 30.3 Å². The van der Waals surface area contributed by atoms with Crippen LogP contribution >= 0.6 is 0 Å². The van der Waals surface area contributed by atoms with E-state index in [1.54, 1.807) is 0 Å². The van der Waals surface area contributed by atoms with E-state index in [4.69, 9.17) is 0 Å². The van der Waals surface area contributed by atoms with Crippen molar-refractivity contribution >= 4 is 5.97 Å². The minimum Gasteiger partial charge on any atom is -0.464 e. The van der Waals surface area contributed by atoms with Gasteiger partial charge in [0, 0.05) is 6.07 Å². The van der Waals surface area contributed by atoms with Crippen molar-refractivity contribution in [3.63, 3.8) is 0 Å². The molecule has 0 unspecified atom stereocenters. The molecule has 2 aromatic rings. The van der Waals surface area contributed by atoms with Gasteiger partial charge in [0.2, 0.25) is 11.1 Å². The van der Waals surface area contributed by atoms with Crippen LogP contribution in [-0.2, 0) is 4.74 Å². The molecular formula is C12H10N2O3. The third-order valence-corrected chi connectivity index (χ3v) is 2.26. The molecule has 0 bridgehead atoms. The number of esters is 1. The van der Waals surface area contributed by atoms with E-state index in [0.717, 1.165) is 5.56 Å². The molecule has 0 amide bonds. The van der Waals surface area contributed by atoms with Crippen molar-refractivity contribution in [2.24, 2.45) is 0 Å². The van der Waals surface area contributed by atoms with Crippen molar-refractivity contribution in [2.45, 2.75) is 0 Å². The molecule has 5 nitrogen and oxygen atoms in total. The van der Waals surface area contributed by atoms with Crippen LogP contribution in [0.5, 0.6) is 0 Å². The van der Waals surface area contributed by atoms with Gasteiger partial charge in [-0.05, 0) is 5.56 Å². The Morgan fingerprint density at radius 1 is 1.29 bits per heavy atom. The Hall–Kier alpha value is -2.43. The molecule has 0 saturated heterocycles. The fourth-order valence-electron chi connectivity index (χ4n) is 1.41. The Bertz CT molecular complexity index is 590. The summed E-state index contributed by atoms with van der Waals surface area (Å²) in [6.45, 7) is 0. The lowest BCUT2D eigenvalue weighted by Gasteiger charge is -2.01. The highest BCUT2D eigenvalue weighted by atomic mass is 16.5. The highest BCUT2D eigenvalue weighted by Gasteiger charge is 2.13.